The zero-order valence-corrected chi connectivity index (χ0v) is 14.7. The van der Waals surface area contributed by atoms with Crippen molar-refractivity contribution in [3.63, 3.8) is 0 Å². The molecule has 1 rings (SSSR count). The molecule has 120 valence electrons. The highest BCUT2D eigenvalue weighted by atomic mass is 35.5. The molecule has 0 bridgehead atoms. The summed E-state index contributed by atoms with van der Waals surface area (Å²) in [5.41, 5.74) is 1.10. The minimum absolute atomic E-state index is 0. The quantitative estimate of drug-likeness (QED) is 0.745. The normalized spacial score (nSPS) is 11.6. The molecule has 0 unspecified atom stereocenters. The topological polar surface area (TPSA) is 41.1 Å². The van der Waals surface area contributed by atoms with Crippen molar-refractivity contribution in [3.05, 3.63) is 33.8 Å². The fourth-order valence-electron chi connectivity index (χ4n) is 1.92. The van der Waals surface area contributed by atoms with E-state index in [9.17, 15) is 4.79 Å². The number of benzene rings is 1. The van der Waals surface area contributed by atoms with Crippen molar-refractivity contribution >= 4 is 41.5 Å². The van der Waals surface area contributed by atoms with Crippen molar-refractivity contribution in [1.29, 1.82) is 0 Å². The first-order valence-electron chi connectivity index (χ1n) is 6.97. The molecule has 3 nitrogen and oxygen atoms in total. The number of amides is 1. The van der Waals surface area contributed by atoms with E-state index in [0.29, 0.717) is 29.1 Å². The third kappa shape index (κ3) is 8.52. The minimum atomic E-state index is 0. The average Bonchev–Trinajstić information content (AvgIpc) is 2.41. The van der Waals surface area contributed by atoms with Crippen LogP contribution in [0.3, 0.4) is 0 Å². The maximum Gasteiger partial charge on any atom is 0.220 e. The van der Waals surface area contributed by atoms with Crippen LogP contribution in [0.25, 0.3) is 0 Å². The molecule has 0 spiro atoms. The van der Waals surface area contributed by atoms with Crippen LogP contribution >= 0.6 is 35.6 Å². The number of carbonyl (C=O) groups is 1. The van der Waals surface area contributed by atoms with E-state index in [1.54, 1.807) is 6.07 Å². The Morgan fingerprint density at radius 2 is 2.00 bits per heavy atom. The largest absolute Gasteiger partial charge is 0.355 e. The lowest BCUT2D eigenvalue weighted by atomic mass is 10.1. The van der Waals surface area contributed by atoms with Crippen LogP contribution in [-0.2, 0) is 11.2 Å². The molecule has 2 N–H and O–H groups in total. The van der Waals surface area contributed by atoms with Gasteiger partial charge in [-0.15, -0.1) is 12.4 Å². The van der Waals surface area contributed by atoms with Gasteiger partial charge in [-0.25, -0.2) is 0 Å². The van der Waals surface area contributed by atoms with E-state index in [0.717, 1.165) is 24.9 Å². The molecule has 1 aromatic rings. The SMILES string of the molecule is CCN[C@H](C)CNC(=O)CCCc1ccc(Cl)c(Cl)c1.Cl. The van der Waals surface area contributed by atoms with Gasteiger partial charge in [0.15, 0.2) is 0 Å². The highest BCUT2D eigenvalue weighted by molar-refractivity contribution is 6.42. The van der Waals surface area contributed by atoms with Crippen LogP contribution in [-0.4, -0.2) is 25.0 Å². The lowest BCUT2D eigenvalue weighted by molar-refractivity contribution is -0.121. The van der Waals surface area contributed by atoms with Gasteiger partial charge in [-0.3, -0.25) is 4.79 Å². The Morgan fingerprint density at radius 1 is 1.29 bits per heavy atom. The summed E-state index contributed by atoms with van der Waals surface area (Å²) in [7, 11) is 0. The van der Waals surface area contributed by atoms with Crippen LogP contribution in [0.1, 0.15) is 32.3 Å². The van der Waals surface area contributed by atoms with Crippen molar-refractivity contribution in [2.75, 3.05) is 13.1 Å². The molecule has 21 heavy (non-hydrogen) atoms. The highest BCUT2D eigenvalue weighted by Crippen LogP contribution is 2.23. The molecule has 1 amide bonds. The molecule has 6 heteroatoms. The van der Waals surface area contributed by atoms with Crippen molar-refractivity contribution in [2.45, 2.75) is 39.2 Å². The zero-order valence-electron chi connectivity index (χ0n) is 12.4. The number of carbonyl (C=O) groups excluding carboxylic acids is 1. The van der Waals surface area contributed by atoms with E-state index in [1.165, 1.54) is 0 Å². The highest BCUT2D eigenvalue weighted by Gasteiger charge is 2.05. The fourth-order valence-corrected chi connectivity index (χ4v) is 2.24. The Kier molecular flexibility index (Phi) is 10.9. The van der Waals surface area contributed by atoms with Gasteiger partial charge in [0.05, 0.1) is 10.0 Å². The van der Waals surface area contributed by atoms with Crippen molar-refractivity contribution in [1.82, 2.24) is 10.6 Å². The number of hydrogen-bond acceptors (Lipinski definition) is 2. The van der Waals surface area contributed by atoms with E-state index in [-0.39, 0.29) is 18.3 Å². The van der Waals surface area contributed by atoms with Crippen LogP contribution in [0.5, 0.6) is 0 Å². The first kappa shape index (κ1) is 20.5. The minimum Gasteiger partial charge on any atom is -0.355 e. The number of aryl methyl sites for hydroxylation is 1. The van der Waals surface area contributed by atoms with Crippen molar-refractivity contribution in [2.24, 2.45) is 0 Å². The Labute approximate surface area is 143 Å². The molecule has 0 radical (unpaired) electrons. The predicted octanol–water partition coefficient (Wildman–Crippen LogP) is 3.85. The predicted molar refractivity (Wildman–Crippen MR) is 92.8 cm³/mol. The second-order valence-electron chi connectivity index (χ2n) is 4.86. The summed E-state index contributed by atoms with van der Waals surface area (Å²) in [6, 6.07) is 5.89. The van der Waals surface area contributed by atoms with E-state index in [2.05, 4.69) is 24.5 Å². The Hall–Kier alpha value is -0.480. The van der Waals surface area contributed by atoms with Gasteiger partial charge in [0.1, 0.15) is 0 Å². The third-order valence-corrected chi connectivity index (χ3v) is 3.75. The monoisotopic (exact) mass is 352 g/mol. The van der Waals surface area contributed by atoms with Crippen LogP contribution in [0.15, 0.2) is 18.2 Å². The van der Waals surface area contributed by atoms with E-state index >= 15 is 0 Å². The van der Waals surface area contributed by atoms with Crippen molar-refractivity contribution < 1.29 is 4.79 Å². The van der Waals surface area contributed by atoms with Gasteiger partial charge < -0.3 is 10.6 Å². The average molecular weight is 354 g/mol. The van der Waals surface area contributed by atoms with Crippen LogP contribution in [0, 0.1) is 0 Å². The van der Waals surface area contributed by atoms with E-state index in [4.69, 9.17) is 23.2 Å². The summed E-state index contributed by atoms with van der Waals surface area (Å²) in [5.74, 6) is 0.0924. The van der Waals surface area contributed by atoms with Gasteiger partial charge in [0, 0.05) is 19.0 Å². The molecule has 1 atom stereocenters. The smallest absolute Gasteiger partial charge is 0.220 e. The summed E-state index contributed by atoms with van der Waals surface area (Å²) in [6.07, 6.45) is 2.16. The lowest BCUT2D eigenvalue weighted by Gasteiger charge is -2.13. The summed E-state index contributed by atoms with van der Waals surface area (Å²) in [4.78, 5) is 11.7. The van der Waals surface area contributed by atoms with Gasteiger partial charge >= 0.3 is 0 Å². The molecule has 1 aromatic carbocycles. The Bertz CT molecular complexity index is 441. The molecule has 0 saturated heterocycles. The summed E-state index contributed by atoms with van der Waals surface area (Å²) < 4.78 is 0. The van der Waals surface area contributed by atoms with Crippen molar-refractivity contribution in [3.8, 4) is 0 Å². The Morgan fingerprint density at radius 3 is 2.62 bits per heavy atom. The summed E-state index contributed by atoms with van der Waals surface area (Å²) >= 11 is 11.8. The van der Waals surface area contributed by atoms with Crippen LogP contribution in [0.2, 0.25) is 10.0 Å². The second-order valence-corrected chi connectivity index (χ2v) is 5.68. The number of nitrogens with one attached hydrogen (secondary N) is 2. The van der Waals surface area contributed by atoms with Crippen LogP contribution < -0.4 is 10.6 Å². The van der Waals surface area contributed by atoms with Gasteiger partial charge in [-0.1, -0.05) is 36.2 Å². The van der Waals surface area contributed by atoms with Crippen LogP contribution in [0.4, 0.5) is 0 Å². The number of likely N-dealkylation sites (N-methyl/N-ethyl adjacent to an activating group) is 1. The molecular formula is C15H23Cl3N2O. The maximum absolute atomic E-state index is 11.7. The number of hydrogen-bond donors (Lipinski definition) is 2. The second kappa shape index (κ2) is 11.1. The van der Waals surface area contributed by atoms with Gasteiger partial charge in [0.2, 0.25) is 5.91 Å². The molecule has 0 saturated carbocycles. The van der Waals surface area contributed by atoms with Gasteiger partial charge in [0.25, 0.3) is 0 Å². The van der Waals surface area contributed by atoms with E-state index < -0.39 is 0 Å². The number of rotatable bonds is 8. The molecule has 0 heterocycles. The zero-order chi connectivity index (χ0) is 15.0. The lowest BCUT2D eigenvalue weighted by Crippen LogP contribution is -2.38. The van der Waals surface area contributed by atoms with Gasteiger partial charge in [-0.2, -0.15) is 0 Å². The first-order valence-corrected chi connectivity index (χ1v) is 7.72. The summed E-state index contributed by atoms with van der Waals surface area (Å²) in [6.45, 7) is 5.68. The maximum atomic E-state index is 11.7. The third-order valence-electron chi connectivity index (χ3n) is 3.01. The molecule has 0 aliphatic rings. The van der Waals surface area contributed by atoms with E-state index in [1.807, 2.05) is 12.1 Å². The summed E-state index contributed by atoms with van der Waals surface area (Å²) in [5, 5.41) is 7.30. The fraction of sp³-hybridized carbons (Fsp3) is 0.533. The van der Waals surface area contributed by atoms with Gasteiger partial charge in [-0.05, 0) is 44.0 Å². The number of halogens is 3. The molecule has 0 aliphatic carbocycles. The molecule has 0 aromatic heterocycles. The first-order chi connectivity index (χ1) is 9.52. The molecule has 0 aliphatic heterocycles. The molecule has 0 fully saturated rings. The molecular weight excluding hydrogens is 331 g/mol. The Balaban J connectivity index is 0.00000400. The standard InChI is InChI=1S/C15H22Cl2N2O.ClH/c1-3-18-11(2)10-19-15(20)6-4-5-12-7-8-13(16)14(17)9-12;/h7-9,11,18H,3-6,10H2,1-2H3,(H,19,20);1H/t11-;/m1./s1.